The zero-order chi connectivity index (χ0) is 17.0. The van der Waals surface area contributed by atoms with Crippen molar-refractivity contribution in [3.05, 3.63) is 11.9 Å². The number of ether oxygens (including phenoxy) is 2. The minimum atomic E-state index is -0.628. The molecule has 0 bridgehead atoms. The Balaban J connectivity index is 2.56. The minimum Gasteiger partial charge on any atom is -0.383 e. The molecule has 0 unspecified atom stereocenters. The highest BCUT2D eigenvalue weighted by Crippen LogP contribution is 2.31. The van der Waals surface area contributed by atoms with Crippen molar-refractivity contribution in [1.29, 1.82) is 0 Å². The molecule has 0 spiro atoms. The molecule has 0 saturated carbocycles. The highest BCUT2D eigenvalue weighted by Gasteiger charge is 2.24. The molecular formula is C13H21N7O3. The summed E-state index contributed by atoms with van der Waals surface area (Å²) in [5.74, 6) is -0.000133. The summed E-state index contributed by atoms with van der Waals surface area (Å²) < 4.78 is 12.2. The highest BCUT2D eigenvalue weighted by atomic mass is 16.5. The lowest BCUT2D eigenvalue weighted by Crippen LogP contribution is -2.25. The molecular weight excluding hydrogens is 302 g/mol. The number of nitrogens with zero attached hydrogens (tertiary/aromatic N) is 4. The quantitative estimate of drug-likeness (QED) is 0.442. The lowest BCUT2D eigenvalue weighted by atomic mass is 10.2. The lowest BCUT2D eigenvalue weighted by Gasteiger charge is -2.17. The molecule has 0 aliphatic rings. The number of nitrogens with one attached hydrogen (secondary N) is 1. The smallest absolute Gasteiger partial charge is 0.253 e. The summed E-state index contributed by atoms with van der Waals surface area (Å²) >= 11 is 0. The molecule has 23 heavy (non-hydrogen) atoms. The van der Waals surface area contributed by atoms with Crippen LogP contribution in [0.3, 0.4) is 0 Å². The number of anilines is 2. The van der Waals surface area contributed by atoms with E-state index < -0.39 is 5.91 Å². The molecule has 0 aromatic carbocycles. The lowest BCUT2D eigenvalue weighted by molar-refractivity contribution is 0.0363. The number of amides is 1. The van der Waals surface area contributed by atoms with Gasteiger partial charge >= 0.3 is 0 Å². The monoisotopic (exact) mass is 323 g/mol. The fourth-order valence-electron chi connectivity index (χ4n) is 2.18. The van der Waals surface area contributed by atoms with Gasteiger partial charge in [0.2, 0.25) is 0 Å². The normalized spacial score (nSPS) is 11.3. The molecule has 0 atom stereocenters. The number of aromatic nitrogens is 3. The van der Waals surface area contributed by atoms with Gasteiger partial charge in [-0.2, -0.15) is 0 Å². The molecule has 0 radical (unpaired) electrons. The molecule has 5 N–H and O–H groups in total. The van der Waals surface area contributed by atoms with Gasteiger partial charge in [0.15, 0.2) is 0 Å². The minimum absolute atomic E-state index is 0.153. The summed E-state index contributed by atoms with van der Waals surface area (Å²) in [5.41, 5.74) is 15.2. The molecule has 0 saturated heterocycles. The second-order valence-electron chi connectivity index (χ2n) is 5.01. The first-order valence-electron chi connectivity index (χ1n) is 6.90. The van der Waals surface area contributed by atoms with E-state index in [1.54, 1.807) is 30.8 Å². The number of methoxy groups -OCH3 is 1. The maximum atomic E-state index is 11.9. The van der Waals surface area contributed by atoms with Crippen molar-refractivity contribution in [3.8, 4) is 0 Å². The van der Waals surface area contributed by atoms with Crippen molar-refractivity contribution in [3.63, 3.8) is 0 Å². The number of carbonyl (C=O) groups is 1. The summed E-state index contributed by atoms with van der Waals surface area (Å²) in [7, 11) is 5.16. The van der Waals surface area contributed by atoms with E-state index in [0.717, 1.165) is 0 Å². The Morgan fingerprint density at radius 2 is 2.13 bits per heavy atom. The molecule has 10 heteroatoms. The predicted octanol–water partition coefficient (Wildman–Crippen LogP) is -0.379. The van der Waals surface area contributed by atoms with Crippen LogP contribution >= 0.6 is 0 Å². The van der Waals surface area contributed by atoms with E-state index in [1.807, 2.05) is 0 Å². The fraction of sp³-hybridized carbons (Fsp3) is 0.462. The Labute approximate surface area is 133 Å². The summed E-state index contributed by atoms with van der Waals surface area (Å²) in [6, 6.07) is 0. The number of rotatable bonds is 8. The third kappa shape index (κ3) is 3.50. The zero-order valence-corrected chi connectivity index (χ0v) is 13.4. The molecule has 2 aromatic heterocycles. The molecule has 126 valence electrons. The van der Waals surface area contributed by atoms with Crippen LogP contribution < -0.4 is 16.9 Å². The van der Waals surface area contributed by atoms with Crippen LogP contribution in [0.15, 0.2) is 6.33 Å². The van der Waals surface area contributed by atoms with Gasteiger partial charge in [-0.05, 0) is 0 Å². The summed E-state index contributed by atoms with van der Waals surface area (Å²) in [6.07, 6.45) is 1.33. The Kier molecular flexibility index (Phi) is 5.32. The van der Waals surface area contributed by atoms with Gasteiger partial charge in [-0.3, -0.25) is 9.36 Å². The molecule has 2 rings (SSSR count). The summed E-state index contributed by atoms with van der Waals surface area (Å²) in [6.45, 7) is 0.999. The van der Waals surface area contributed by atoms with Gasteiger partial charge < -0.3 is 26.4 Å². The molecule has 2 heterocycles. The highest BCUT2D eigenvalue weighted by molar-refractivity contribution is 6.13. The molecule has 0 aliphatic heterocycles. The number of hydrogen-bond acceptors (Lipinski definition) is 8. The standard InChI is InChI=1S/C13H21N7O3/c1-19(2)18-13-9(11(15)21)8-10(14)16-6-17-12(8)20(13)7-23-5-4-22-3/h6,18H,4-5,7H2,1-3H3,(H2,15,21)(H2,14,16,17). The van der Waals surface area contributed by atoms with Gasteiger partial charge in [-0.1, -0.05) is 0 Å². The first-order valence-corrected chi connectivity index (χ1v) is 6.90. The number of hydrogen-bond donors (Lipinski definition) is 3. The fourth-order valence-corrected chi connectivity index (χ4v) is 2.18. The van der Waals surface area contributed by atoms with E-state index >= 15 is 0 Å². The first-order chi connectivity index (χ1) is 11.0. The van der Waals surface area contributed by atoms with Gasteiger partial charge in [-0.15, -0.1) is 0 Å². The van der Waals surface area contributed by atoms with Crippen LogP contribution in [0.5, 0.6) is 0 Å². The average Bonchev–Trinajstić information content (AvgIpc) is 2.78. The Morgan fingerprint density at radius 1 is 1.39 bits per heavy atom. The van der Waals surface area contributed by atoms with Gasteiger partial charge in [0.05, 0.1) is 24.2 Å². The Bertz CT molecular complexity index is 698. The van der Waals surface area contributed by atoms with Crippen molar-refractivity contribution in [2.24, 2.45) is 5.73 Å². The van der Waals surface area contributed by atoms with Crippen LogP contribution in [0.1, 0.15) is 10.4 Å². The van der Waals surface area contributed by atoms with Crippen LogP contribution in [-0.4, -0.2) is 59.9 Å². The molecule has 10 nitrogen and oxygen atoms in total. The van der Waals surface area contributed by atoms with Crippen molar-refractivity contribution in [1.82, 2.24) is 19.5 Å². The van der Waals surface area contributed by atoms with Gasteiger partial charge in [0.1, 0.15) is 30.3 Å². The summed E-state index contributed by atoms with van der Waals surface area (Å²) in [5, 5.41) is 2.08. The largest absolute Gasteiger partial charge is 0.383 e. The van der Waals surface area contributed by atoms with Crippen molar-refractivity contribution >= 4 is 28.6 Å². The molecule has 0 fully saturated rings. The third-order valence-electron chi connectivity index (χ3n) is 3.10. The van der Waals surface area contributed by atoms with E-state index in [0.29, 0.717) is 30.1 Å². The van der Waals surface area contributed by atoms with Crippen LogP contribution in [0, 0.1) is 0 Å². The van der Waals surface area contributed by atoms with E-state index in [1.165, 1.54) is 6.33 Å². The van der Waals surface area contributed by atoms with E-state index in [4.69, 9.17) is 20.9 Å². The van der Waals surface area contributed by atoms with Gasteiger partial charge in [-0.25, -0.2) is 15.0 Å². The van der Waals surface area contributed by atoms with Crippen LogP contribution in [0.2, 0.25) is 0 Å². The number of primary amides is 1. The Hall–Kier alpha value is -2.43. The number of carbonyl (C=O) groups excluding carboxylic acids is 1. The number of nitrogens with two attached hydrogens (primary N) is 2. The summed E-state index contributed by atoms with van der Waals surface area (Å²) in [4.78, 5) is 20.1. The van der Waals surface area contributed by atoms with E-state index in [2.05, 4.69) is 15.4 Å². The van der Waals surface area contributed by atoms with Gasteiger partial charge in [0, 0.05) is 21.2 Å². The van der Waals surface area contributed by atoms with Crippen LogP contribution in [0.25, 0.3) is 11.0 Å². The second kappa shape index (κ2) is 7.22. The average molecular weight is 323 g/mol. The predicted molar refractivity (Wildman–Crippen MR) is 85.6 cm³/mol. The third-order valence-corrected chi connectivity index (χ3v) is 3.10. The first kappa shape index (κ1) is 16.9. The van der Waals surface area contributed by atoms with E-state index in [-0.39, 0.29) is 18.1 Å². The topological polar surface area (TPSA) is 134 Å². The maximum absolute atomic E-state index is 11.9. The SMILES string of the molecule is COCCOCn1c(NN(C)C)c(C(N)=O)c2c(N)ncnc21. The Morgan fingerprint density at radius 3 is 2.74 bits per heavy atom. The van der Waals surface area contributed by atoms with E-state index in [9.17, 15) is 4.79 Å². The van der Waals surface area contributed by atoms with Crippen molar-refractivity contribution in [2.45, 2.75) is 6.73 Å². The molecule has 0 aliphatic carbocycles. The second-order valence-corrected chi connectivity index (χ2v) is 5.01. The van der Waals surface area contributed by atoms with Crippen molar-refractivity contribution in [2.75, 3.05) is 45.6 Å². The van der Waals surface area contributed by atoms with Crippen LogP contribution in [0.4, 0.5) is 11.6 Å². The van der Waals surface area contributed by atoms with Gasteiger partial charge in [0.25, 0.3) is 5.91 Å². The molecule has 1 amide bonds. The maximum Gasteiger partial charge on any atom is 0.253 e. The number of fused-ring (bicyclic) bond motifs is 1. The molecule has 2 aromatic rings. The number of hydrazine groups is 1. The zero-order valence-electron chi connectivity index (χ0n) is 13.4. The number of nitrogen functional groups attached to an aromatic ring is 1. The van der Waals surface area contributed by atoms with Crippen LogP contribution in [-0.2, 0) is 16.2 Å². The van der Waals surface area contributed by atoms with Crippen molar-refractivity contribution < 1.29 is 14.3 Å².